The van der Waals surface area contributed by atoms with Crippen LogP contribution in [0.3, 0.4) is 0 Å². The molecule has 0 aromatic heterocycles. The van der Waals surface area contributed by atoms with E-state index in [0.29, 0.717) is 24.5 Å². The average Bonchev–Trinajstić information content (AvgIpc) is 2.75. The highest BCUT2D eigenvalue weighted by atomic mass is 32.1. The van der Waals surface area contributed by atoms with Gasteiger partial charge < -0.3 is 14.8 Å². The maximum Gasteiger partial charge on any atom is 0.257 e. The Balaban J connectivity index is 1.51. The molecule has 3 aromatic rings. The molecule has 0 radical (unpaired) electrons. The first-order valence-electron chi connectivity index (χ1n) is 9.62. The van der Waals surface area contributed by atoms with E-state index in [4.69, 9.17) is 21.7 Å². The standard InChI is InChI=1S/C24H24N2O3S/c1-17-8-6-13-22(18(17)2)25-24(30)26-23(27)19-9-7-12-21(16-19)29-15-14-28-20-10-4-3-5-11-20/h3-13,16H,14-15H2,1-2H3,(H2,25,26,27,30). The number of thiocarbonyl (C=S) groups is 1. The maximum absolute atomic E-state index is 12.5. The molecule has 0 aliphatic heterocycles. The topological polar surface area (TPSA) is 59.6 Å². The highest BCUT2D eigenvalue weighted by molar-refractivity contribution is 7.80. The zero-order chi connectivity index (χ0) is 21.3. The van der Waals surface area contributed by atoms with Crippen LogP contribution in [-0.4, -0.2) is 24.2 Å². The zero-order valence-electron chi connectivity index (χ0n) is 17.0. The van der Waals surface area contributed by atoms with Gasteiger partial charge in [0, 0.05) is 11.3 Å². The third-order valence-electron chi connectivity index (χ3n) is 4.54. The maximum atomic E-state index is 12.5. The van der Waals surface area contributed by atoms with Gasteiger partial charge in [-0.25, -0.2) is 0 Å². The van der Waals surface area contributed by atoms with Gasteiger partial charge >= 0.3 is 0 Å². The summed E-state index contributed by atoms with van der Waals surface area (Å²) in [6.07, 6.45) is 0. The molecule has 0 aliphatic carbocycles. The molecule has 0 saturated heterocycles. The number of rotatable bonds is 7. The smallest absolute Gasteiger partial charge is 0.257 e. The first-order chi connectivity index (χ1) is 14.5. The van der Waals surface area contributed by atoms with Gasteiger partial charge in [0.25, 0.3) is 5.91 Å². The van der Waals surface area contributed by atoms with Crippen LogP contribution >= 0.6 is 12.2 Å². The van der Waals surface area contributed by atoms with Crippen LogP contribution in [-0.2, 0) is 0 Å². The number of nitrogens with one attached hydrogen (secondary N) is 2. The van der Waals surface area contributed by atoms with Gasteiger partial charge in [0.15, 0.2) is 5.11 Å². The summed E-state index contributed by atoms with van der Waals surface area (Å²) in [7, 11) is 0. The van der Waals surface area contributed by atoms with E-state index in [-0.39, 0.29) is 11.0 Å². The molecule has 0 spiro atoms. The van der Waals surface area contributed by atoms with Crippen molar-refractivity contribution in [3.8, 4) is 11.5 Å². The number of anilines is 1. The molecule has 154 valence electrons. The van der Waals surface area contributed by atoms with Gasteiger partial charge in [-0.15, -0.1) is 0 Å². The summed E-state index contributed by atoms with van der Waals surface area (Å²) in [6, 6.07) is 22.4. The van der Waals surface area contributed by atoms with Crippen LogP contribution in [0.4, 0.5) is 5.69 Å². The minimum absolute atomic E-state index is 0.247. The predicted molar refractivity (Wildman–Crippen MR) is 123 cm³/mol. The van der Waals surface area contributed by atoms with E-state index in [1.165, 1.54) is 0 Å². The highest BCUT2D eigenvalue weighted by Crippen LogP contribution is 2.18. The molecule has 1 amide bonds. The SMILES string of the molecule is Cc1cccc(NC(=S)NC(=O)c2cccc(OCCOc3ccccc3)c2)c1C. The lowest BCUT2D eigenvalue weighted by Crippen LogP contribution is -2.34. The minimum atomic E-state index is -0.302. The molecule has 0 unspecified atom stereocenters. The second-order valence-electron chi connectivity index (χ2n) is 6.69. The summed E-state index contributed by atoms with van der Waals surface area (Å²) >= 11 is 5.29. The molecule has 2 N–H and O–H groups in total. The predicted octanol–water partition coefficient (Wildman–Crippen LogP) is 4.89. The molecule has 0 bridgehead atoms. The van der Waals surface area contributed by atoms with E-state index >= 15 is 0 Å². The number of carbonyl (C=O) groups excluding carboxylic acids is 1. The molecule has 5 nitrogen and oxygen atoms in total. The first-order valence-corrected chi connectivity index (χ1v) is 10.0. The van der Waals surface area contributed by atoms with Gasteiger partial charge in [-0.05, 0) is 73.6 Å². The Bertz CT molecular complexity index is 1020. The Morgan fingerprint density at radius 2 is 1.53 bits per heavy atom. The number of aryl methyl sites for hydroxylation is 1. The molecule has 0 fully saturated rings. The summed E-state index contributed by atoms with van der Waals surface area (Å²) < 4.78 is 11.3. The fourth-order valence-electron chi connectivity index (χ4n) is 2.78. The molecular formula is C24H24N2O3S. The largest absolute Gasteiger partial charge is 0.490 e. The number of para-hydroxylation sites is 1. The van der Waals surface area contributed by atoms with Crippen LogP contribution in [0.25, 0.3) is 0 Å². The quantitative estimate of drug-likeness (QED) is 0.421. The molecule has 6 heteroatoms. The summed E-state index contributed by atoms with van der Waals surface area (Å²) in [6.45, 7) is 4.81. The Kier molecular flexibility index (Phi) is 7.40. The monoisotopic (exact) mass is 420 g/mol. The van der Waals surface area contributed by atoms with Crippen molar-refractivity contribution in [1.29, 1.82) is 0 Å². The van der Waals surface area contributed by atoms with Crippen molar-refractivity contribution in [2.45, 2.75) is 13.8 Å². The second-order valence-corrected chi connectivity index (χ2v) is 7.10. The number of hydrogen-bond acceptors (Lipinski definition) is 4. The lowest BCUT2D eigenvalue weighted by molar-refractivity contribution is 0.0977. The highest BCUT2D eigenvalue weighted by Gasteiger charge is 2.10. The van der Waals surface area contributed by atoms with E-state index < -0.39 is 0 Å². The Morgan fingerprint density at radius 1 is 0.867 bits per heavy atom. The summed E-state index contributed by atoms with van der Waals surface area (Å²) in [5.74, 6) is 1.08. The minimum Gasteiger partial charge on any atom is -0.490 e. The molecule has 0 atom stereocenters. The molecule has 3 rings (SSSR count). The molecule has 0 heterocycles. The van der Waals surface area contributed by atoms with Crippen LogP contribution in [0.5, 0.6) is 11.5 Å². The fraction of sp³-hybridized carbons (Fsp3) is 0.167. The van der Waals surface area contributed by atoms with Crippen molar-refractivity contribution in [1.82, 2.24) is 5.32 Å². The van der Waals surface area contributed by atoms with Gasteiger partial charge in [-0.3, -0.25) is 10.1 Å². The van der Waals surface area contributed by atoms with Gasteiger partial charge in [0.1, 0.15) is 24.7 Å². The molecule has 0 saturated carbocycles. The van der Waals surface area contributed by atoms with Gasteiger partial charge in [0.05, 0.1) is 0 Å². The summed E-state index contributed by atoms with van der Waals surface area (Å²) in [4.78, 5) is 12.5. The fourth-order valence-corrected chi connectivity index (χ4v) is 2.98. The number of carbonyl (C=O) groups is 1. The van der Waals surface area contributed by atoms with E-state index in [1.54, 1.807) is 24.3 Å². The number of hydrogen-bond donors (Lipinski definition) is 2. The Hall–Kier alpha value is -3.38. The number of ether oxygens (including phenoxy) is 2. The number of benzene rings is 3. The van der Waals surface area contributed by atoms with E-state index in [0.717, 1.165) is 22.6 Å². The second kappa shape index (κ2) is 10.4. The van der Waals surface area contributed by atoms with Gasteiger partial charge in [0.2, 0.25) is 0 Å². The molecule has 0 aliphatic rings. The van der Waals surface area contributed by atoms with Crippen molar-refractivity contribution >= 4 is 28.9 Å². The summed E-state index contributed by atoms with van der Waals surface area (Å²) in [5, 5.41) is 6.03. The van der Waals surface area contributed by atoms with E-state index in [2.05, 4.69) is 10.6 Å². The van der Waals surface area contributed by atoms with Crippen molar-refractivity contribution in [2.75, 3.05) is 18.5 Å². The summed E-state index contributed by atoms with van der Waals surface area (Å²) in [5.41, 5.74) is 3.56. The van der Waals surface area contributed by atoms with Gasteiger partial charge in [-0.2, -0.15) is 0 Å². The first kappa shape index (κ1) is 21.3. The lowest BCUT2D eigenvalue weighted by Gasteiger charge is -2.13. The normalized spacial score (nSPS) is 10.2. The van der Waals surface area contributed by atoms with Crippen molar-refractivity contribution in [3.63, 3.8) is 0 Å². The zero-order valence-corrected chi connectivity index (χ0v) is 17.8. The third kappa shape index (κ3) is 6.06. The van der Waals surface area contributed by atoms with Crippen LogP contribution in [0.1, 0.15) is 21.5 Å². The number of amides is 1. The third-order valence-corrected chi connectivity index (χ3v) is 4.74. The molecule has 30 heavy (non-hydrogen) atoms. The van der Waals surface area contributed by atoms with Crippen LogP contribution in [0.2, 0.25) is 0 Å². The van der Waals surface area contributed by atoms with Crippen molar-refractivity contribution < 1.29 is 14.3 Å². The average molecular weight is 421 g/mol. The van der Waals surface area contributed by atoms with E-state index in [1.807, 2.05) is 62.4 Å². The molecule has 3 aromatic carbocycles. The van der Waals surface area contributed by atoms with Gasteiger partial charge in [-0.1, -0.05) is 36.4 Å². The Morgan fingerprint density at radius 3 is 2.30 bits per heavy atom. The molecular weight excluding hydrogens is 396 g/mol. The van der Waals surface area contributed by atoms with Crippen LogP contribution in [0.15, 0.2) is 72.8 Å². The van der Waals surface area contributed by atoms with Crippen LogP contribution in [0, 0.1) is 13.8 Å². The van der Waals surface area contributed by atoms with Crippen LogP contribution < -0.4 is 20.1 Å². The van der Waals surface area contributed by atoms with E-state index in [9.17, 15) is 4.79 Å². The Labute approximate surface area is 182 Å². The van der Waals surface area contributed by atoms with Crippen molar-refractivity contribution in [3.05, 3.63) is 89.5 Å². The van der Waals surface area contributed by atoms with Crippen molar-refractivity contribution in [2.24, 2.45) is 0 Å². The lowest BCUT2D eigenvalue weighted by atomic mass is 10.1.